The molecule has 0 saturated carbocycles. The first kappa shape index (κ1) is 22.5. The second kappa shape index (κ2) is 10.7. The molecule has 0 fully saturated rings. The molecule has 0 aliphatic carbocycles. The van der Waals surface area contributed by atoms with Gasteiger partial charge in [0.1, 0.15) is 5.75 Å². The van der Waals surface area contributed by atoms with E-state index in [1.165, 1.54) is 18.4 Å². The summed E-state index contributed by atoms with van der Waals surface area (Å²) in [4.78, 5) is 32.7. The number of nitrogens with zero attached hydrogens (tertiary/aromatic N) is 2. The largest absolute Gasteiger partial charge is 0.496 e. The first-order valence-electron chi connectivity index (χ1n) is 9.90. The number of ether oxygens (including phenoxy) is 1. The Balaban J connectivity index is 1.69. The van der Waals surface area contributed by atoms with Crippen LogP contribution >= 0.6 is 11.3 Å². The van der Waals surface area contributed by atoms with Crippen LogP contribution in [-0.2, 0) is 0 Å². The van der Waals surface area contributed by atoms with Gasteiger partial charge in [-0.15, -0.1) is 11.3 Å². The molecule has 1 aromatic carbocycles. The monoisotopic (exact) mass is 438 g/mol. The maximum Gasteiger partial charge on any atom is 0.261 e. The number of anilines is 1. The number of pyridine rings is 1. The molecule has 2 aromatic heterocycles. The van der Waals surface area contributed by atoms with Gasteiger partial charge in [0, 0.05) is 17.6 Å². The number of benzene rings is 1. The zero-order valence-electron chi connectivity index (χ0n) is 17.8. The number of nitrogens with one attached hydrogen (secondary N) is 2. The highest BCUT2D eigenvalue weighted by atomic mass is 32.1. The first-order chi connectivity index (χ1) is 15.0. The van der Waals surface area contributed by atoms with E-state index in [4.69, 9.17) is 4.74 Å². The highest BCUT2D eigenvalue weighted by Crippen LogP contribution is 2.32. The van der Waals surface area contributed by atoms with Crippen molar-refractivity contribution in [2.24, 2.45) is 0 Å². The number of hydrogen-bond acceptors (Lipinski definition) is 6. The maximum absolute atomic E-state index is 12.6. The van der Waals surface area contributed by atoms with Crippen LogP contribution in [0.1, 0.15) is 26.5 Å². The lowest BCUT2D eigenvalue weighted by Gasteiger charge is -2.11. The van der Waals surface area contributed by atoms with E-state index in [2.05, 4.69) is 20.5 Å². The fraction of sp³-hybridized carbons (Fsp3) is 0.261. The van der Waals surface area contributed by atoms with Crippen molar-refractivity contribution in [1.82, 2.24) is 15.2 Å². The first-order valence-corrected chi connectivity index (χ1v) is 10.7. The molecule has 0 unspecified atom stereocenters. The Kier molecular flexibility index (Phi) is 7.75. The molecule has 0 aliphatic rings. The lowest BCUT2D eigenvalue weighted by atomic mass is 10.1. The van der Waals surface area contributed by atoms with Crippen LogP contribution in [-0.4, -0.2) is 56.0 Å². The van der Waals surface area contributed by atoms with Gasteiger partial charge in [-0.2, -0.15) is 0 Å². The van der Waals surface area contributed by atoms with Gasteiger partial charge in [-0.3, -0.25) is 14.6 Å². The van der Waals surface area contributed by atoms with Gasteiger partial charge in [0.15, 0.2) is 0 Å². The average Bonchev–Trinajstić information content (AvgIpc) is 3.27. The van der Waals surface area contributed by atoms with Gasteiger partial charge in [-0.05, 0) is 69.0 Å². The number of carbonyl (C=O) groups is 2. The molecule has 0 aliphatic heterocycles. The van der Waals surface area contributed by atoms with Crippen molar-refractivity contribution in [2.75, 3.05) is 39.6 Å². The summed E-state index contributed by atoms with van der Waals surface area (Å²) in [5.41, 5.74) is 1.91. The van der Waals surface area contributed by atoms with Crippen LogP contribution in [0.5, 0.6) is 5.75 Å². The summed E-state index contributed by atoms with van der Waals surface area (Å²) < 4.78 is 5.45. The number of hydrogen-bond donors (Lipinski definition) is 2. The van der Waals surface area contributed by atoms with Crippen molar-refractivity contribution in [3.63, 3.8) is 0 Å². The van der Waals surface area contributed by atoms with Crippen LogP contribution in [0.15, 0.2) is 54.9 Å². The van der Waals surface area contributed by atoms with E-state index >= 15 is 0 Å². The number of thiophene rings is 1. The minimum atomic E-state index is -0.277. The molecule has 2 N–H and O–H groups in total. The molecule has 0 atom stereocenters. The molecular weight excluding hydrogens is 412 g/mol. The summed E-state index contributed by atoms with van der Waals surface area (Å²) in [6.07, 6.45) is 4.12. The number of amides is 2. The molecule has 8 heteroatoms. The molecule has 0 saturated heterocycles. The van der Waals surface area contributed by atoms with Gasteiger partial charge in [0.05, 0.1) is 29.4 Å². The third kappa shape index (κ3) is 6.13. The number of aromatic nitrogens is 1. The fourth-order valence-electron chi connectivity index (χ4n) is 2.97. The van der Waals surface area contributed by atoms with Gasteiger partial charge in [0.2, 0.25) is 0 Å². The van der Waals surface area contributed by atoms with E-state index in [1.54, 1.807) is 30.6 Å². The van der Waals surface area contributed by atoms with Crippen LogP contribution in [0.25, 0.3) is 10.4 Å². The standard InChI is InChI=1S/C23H26N4O3S/c1-27(2)13-5-12-25-23(29)21-10-9-20(31-21)16-7-8-18(19(14-16)30-3)22(28)26-17-6-4-11-24-15-17/h4,6-11,14-15H,5,12-13H2,1-3H3,(H,25,29)(H,26,28). The highest BCUT2D eigenvalue weighted by Gasteiger charge is 2.16. The summed E-state index contributed by atoms with van der Waals surface area (Å²) in [7, 11) is 5.55. The molecular formula is C23H26N4O3S. The van der Waals surface area contributed by atoms with Crippen LogP contribution < -0.4 is 15.4 Å². The quantitative estimate of drug-likeness (QED) is 0.497. The molecule has 3 rings (SSSR count). The molecule has 31 heavy (non-hydrogen) atoms. The zero-order chi connectivity index (χ0) is 22.2. The fourth-order valence-corrected chi connectivity index (χ4v) is 3.89. The Morgan fingerprint density at radius 3 is 2.68 bits per heavy atom. The van der Waals surface area contributed by atoms with E-state index in [0.717, 1.165) is 23.4 Å². The molecule has 0 radical (unpaired) electrons. The van der Waals surface area contributed by atoms with Crippen molar-refractivity contribution < 1.29 is 14.3 Å². The minimum absolute atomic E-state index is 0.0746. The Morgan fingerprint density at radius 1 is 1.13 bits per heavy atom. The lowest BCUT2D eigenvalue weighted by Crippen LogP contribution is -2.26. The minimum Gasteiger partial charge on any atom is -0.496 e. The third-order valence-corrected chi connectivity index (χ3v) is 5.68. The van der Waals surface area contributed by atoms with E-state index in [1.807, 2.05) is 38.4 Å². The molecule has 2 amide bonds. The number of carbonyl (C=O) groups excluding carboxylic acids is 2. The average molecular weight is 439 g/mol. The Labute approximate surface area is 186 Å². The second-order valence-electron chi connectivity index (χ2n) is 7.19. The smallest absolute Gasteiger partial charge is 0.261 e. The van der Waals surface area contributed by atoms with Gasteiger partial charge in [0.25, 0.3) is 11.8 Å². The van der Waals surface area contributed by atoms with E-state index < -0.39 is 0 Å². The van der Waals surface area contributed by atoms with Crippen molar-refractivity contribution in [1.29, 1.82) is 0 Å². The van der Waals surface area contributed by atoms with Gasteiger partial charge in [-0.25, -0.2) is 0 Å². The van der Waals surface area contributed by atoms with Gasteiger partial charge < -0.3 is 20.3 Å². The van der Waals surface area contributed by atoms with E-state index in [0.29, 0.717) is 28.4 Å². The molecule has 7 nitrogen and oxygen atoms in total. The second-order valence-corrected chi connectivity index (χ2v) is 8.27. The van der Waals surface area contributed by atoms with E-state index in [-0.39, 0.29) is 11.8 Å². The Hall–Kier alpha value is -3.23. The summed E-state index contributed by atoms with van der Waals surface area (Å²) >= 11 is 1.41. The summed E-state index contributed by atoms with van der Waals surface area (Å²) in [6.45, 7) is 1.56. The zero-order valence-corrected chi connectivity index (χ0v) is 18.7. The lowest BCUT2D eigenvalue weighted by molar-refractivity contribution is 0.0955. The summed E-state index contributed by atoms with van der Waals surface area (Å²) in [5.74, 6) is 0.108. The predicted octanol–water partition coefficient (Wildman–Crippen LogP) is 3.75. The summed E-state index contributed by atoms with van der Waals surface area (Å²) in [6, 6.07) is 12.6. The van der Waals surface area contributed by atoms with E-state index in [9.17, 15) is 9.59 Å². The Morgan fingerprint density at radius 2 is 1.97 bits per heavy atom. The van der Waals surface area contributed by atoms with Gasteiger partial charge in [-0.1, -0.05) is 6.07 Å². The molecule has 2 heterocycles. The predicted molar refractivity (Wildman–Crippen MR) is 124 cm³/mol. The van der Waals surface area contributed by atoms with Crippen LogP contribution in [0.2, 0.25) is 0 Å². The molecule has 3 aromatic rings. The number of methoxy groups -OCH3 is 1. The maximum atomic E-state index is 12.6. The Bertz CT molecular complexity index is 1030. The third-order valence-electron chi connectivity index (χ3n) is 4.55. The summed E-state index contributed by atoms with van der Waals surface area (Å²) in [5, 5.41) is 5.76. The van der Waals surface area contributed by atoms with Crippen molar-refractivity contribution >= 4 is 28.8 Å². The van der Waals surface area contributed by atoms with Crippen molar-refractivity contribution in [2.45, 2.75) is 6.42 Å². The molecule has 0 bridgehead atoms. The van der Waals surface area contributed by atoms with Crippen LogP contribution in [0, 0.1) is 0 Å². The van der Waals surface area contributed by atoms with Crippen LogP contribution in [0.4, 0.5) is 5.69 Å². The molecule has 0 spiro atoms. The van der Waals surface area contributed by atoms with Crippen LogP contribution in [0.3, 0.4) is 0 Å². The van der Waals surface area contributed by atoms with Crippen molar-refractivity contribution in [3.8, 4) is 16.2 Å². The SMILES string of the molecule is COc1cc(-c2ccc(C(=O)NCCCN(C)C)s2)ccc1C(=O)Nc1cccnc1. The highest BCUT2D eigenvalue weighted by molar-refractivity contribution is 7.17. The molecule has 162 valence electrons. The number of rotatable bonds is 9. The van der Waals surface area contributed by atoms with Gasteiger partial charge >= 0.3 is 0 Å². The van der Waals surface area contributed by atoms with Crippen molar-refractivity contribution in [3.05, 3.63) is 65.3 Å². The topological polar surface area (TPSA) is 83.6 Å². The normalized spacial score (nSPS) is 10.7.